The molecule has 1 saturated heterocycles. The van der Waals surface area contributed by atoms with Crippen molar-refractivity contribution in [2.45, 2.75) is 19.9 Å². The molecule has 2 aromatic heterocycles. The number of aromatic nitrogens is 3. The molecule has 0 saturated carbocycles. The van der Waals surface area contributed by atoms with E-state index in [9.17, 15) is 4.79 Å². The van der Waals surface area contributed by atoms with Gasteiger partial charge in [-0.1, -0.05) is 30.4 Å². The van der Waals surface area contributed by atoms with Crippen LogP contribution < -0.4 is 15.2 Å². The molecule has 1 aromatic carbocycles. The van der Waals surface area contributed by atoms with Gasteiger partial charge in [0.15, 0.2) is 0 Å². The average Bonchev–Trinajstić information content (AvgIpc) is 3.12. The van der Waals surface area contributed by atoms with E-state index in [1.165, 1.54) is 15.9 Å². The maximum Gasteiger partial charge on any atom is 0.275 e. The molecule has 0 atom stereocenters. The summed E-state index contributed by atoms with van der Waals surface area (Å²) in [6.45, 7) is 6.39. The van der Waals surface area contributed by atoms with Gasteiger partial charge in [-0.05, 0) is 18.6 Å². The number of fused-ring (bicyclic) bond motifs is 1. The summed E-state index contributed by atoms with van der Waals surface area (Å²) in [4.78, 5) is 22.3. The molecular formula is C19H23N5O2S. The van der Waals surface area contributed by atoms with Crippen LogP contribution in [0.3, 0.4) is 0 Å². The summed E-state index contributed by atoms with van der Waals surface area (Å²) < 4.78 is 6.89. The number of para-hydroxylation sites is 2. The SMILES string of the molecule is CCc1nn2c(=O)cc(CN3CCN(c4ccccc4OC)CC3)nc2s1. The number of hydrogen-bond acceptors (Lipinski definition) is 7. The lowest BCUT2D eigenvalue weighted by Gasteiger charge is -2.36. The van der Waals surface area contributed by atoms with Crippen LogP contribution in [0.2, 0.25) is 0 Å². The summed E-state index contributed by atoms with van der Waals surface area (Å²) in [6, 6.07) is 9.73. The number of ether oxygens (including phenoxy) is 1. The summed E-state index contributed by atoms with van der Waals surface area (Å²) in [5.74, 6) is 0.906. The minimum absolute atomic E-state index is 0.0985. The van der Waals surface area contributed by atoms with Gasteiger partial charge in [0.2, 0.25) is 4.96 Å². The van der Waals surface area contributed by atoms with Crippen molar-refractivity contribution in [1.29, 1.82) is 0 Å². The summed E-state index contributed by atoms with van der Waals surface area (Å²) in [5.41, 5.74) is 1.85. The van der Waals surface area contributed by atoms with Crippen LogP contribution >= 0.6 is 11.3 Å². The first kappa shape index (κ1) is 17.9. The highest BCUT2D eigenvalue weighted by Crippen LogP contribution is 2.28. The van der Waals surface area contributed by atoms with Crippen LogP contribution in [0.25, 0.3) is 4.96 Å². The van der Waals surface area contributed by atoms with Gasteiger partial charge in [0, 0.05) is 38.8 Å². The van der Waals surface area contributed by atoms with Gasteiger partial charge >= 0.3 is 0 Å². The molecule has 0 amide bonds. The predicted octanol–water partition coefficient (Wildman–Crippen LogP) is 2.04. The van der Waals surface area contributed by atoms with Crippen molar-refractivity contribution in [3.63, 3.8) is 0 Å². The Balaban J connectivity index is 1.45. The third kappa shape index (κ3) is 3.68. The van der Waals surface area contributed by atoms with Crippen LogP contribution in [-0.2, 0) is 13.0 Å². The molecule has 8 heteroatoms. The van der Waals surface area contributed by atoms with E-state index in [0.717, 1.165) is 54.7 Å². The molecule has 0 bridgehead atoms. The minimum Gasteiger partial charge on any atom is -0.495 e. The van der Waals surface area contributed by atoms with E-state index < -0.39 is 0 Å². The number of rotatable bonds is 5. The maximum atomic E-state index is 12.3. The van der Waals surface area contributed by atoms with Gasteiger partial charge in [-0.15, -0.1) is 0 Å². The van der Waals surface area contributed by atoms with Crippen molar-refractivity contribution >= 4 is 22.0 Å². The normalized spacial score (nSPS) is 15.4. The molecule has 7 nitrogen and oxygen atoms in total. The maximum absolute atomic E-state index is 12.3. The fourth-order valence-electron chi connectivity index (χ4n) is 3.39. The molecule has 0 spiro atoms. The van der Waals surface area contributed by atoms with E-state index in [2.05, 4.69) is 25.9 Å². The van der Waals surface area contributed by atoms with Gasteiger partial charge in [-0.2, -0.15) is 9.61 Å². The Morgan fingerprint density at radius 3 is 2.70 bits per heavy atom. The molecule has 1 aliphatic rings. The van der Waals surface area contributed by atoms with Gasteiger partial charge in [0.25, 0.3) is 5.56 Å². The second-order valence-electron chi connectivity index (χ2n) is 6.56. The van der Waals surface area contributed by atoms with E-state index >= 15 is 0 Å². The van der Waals surface area contributed by atoms with Crippen LogP contribution in [0.1, 0.15) is 17.6 Å². The molecule has 27 heavy (non-hydrogen) atoms. The highest BCUT2D eigenvalue weighted by molar-refractivity contribution is 7.16. The lowest BCUT2D eigenvalue weighted by atomic mass is 10.2. The van der Waals surface area contributed by atoms with Gasteiger partial charge in [0.05, 0.1) is 18.5 Å². The van der Waals surface area contributed by atoms with E-state index in [1.807, 2.05) is 25.1 Å². The Labute approximate surface area is 161 Å². The smallest absolute Gasteiger partial charge is 0.275 e. The number of nitrogens with zero attached hydrogens (tertiary/aromatic N) is 5. The van der Waals surface area contributed by atoms with Crippen molar-refractivity contribution in [3.05, 3.63) is 51.4 Å². The number of hydrogen-bond donors (Lipinski definition) is 0. The highest BCUT2D eigenvalue weighted by atomic mass is 32.1. The zero-order valence-corrected chi connectivity index (χ0v) is 16.4. The molecule has 4 rings (SSSR count). The Bertz CT molecular complexity index is 991. The van der Waals surface area contributed by atoms with Crippen LogP contribution in [0.15, 0.2) is 35.1 Å². The molecule has 1 aliphatic heterocycles. The number of methoxy groups -OCH3 is 1. The Morgan fingerprint density at radius 2 is 1.96 bits per heavy atom. The van der Waals surface area contributed by atoms with Crippen molar-refractivity contribution in [2.24, 2.45) is 0 Å². The lowest BCUT2D eigenvalue weighted by Crippen LogP contribution is -2.46. The fourth-order valence-corrected chi connectivity index (χ4v) is 4.24. The lowest BCUT2D eigenvalue weighted by molar-refractivity contribution is 0.246. The fraction of sp³-hybridized carbons (Fsp3) is 0.421. The van der Waals surface area contributed by atoms with Crippen molar-refractivity contribution in [1.82, 2.24) is 19.5 Å². The van der Waals surface area contributed by atoms with E-state index in [1.54, 1.807) is 13.2 Å². The topological polar surface area (TPSA) is 63.0 Å². The summed E-state index contributed by atoms with van der Waals surface area (Å²) in [7, 11) is 1.71. The number of piperazine rings is 1. The molecular weight excluding hydrogens is 362 g/mol. The quantitative estimate of drug-likeness (QED) is 0.670. The first-order chi connectivity index (χ1) is 13.2. The zero-order valence-electron chi connectivity index (χ0n) is 15.6. The van der Waals surface area contributed by atoms with Crippen molar-refractivity contribution in [3.8, 4) is 5.75 Å². The molecule has 3 aromatic rings. The Kier molecular flexibility index (Phi) is 5.09. The van der Waals surface area contributed by atoms with Crippen molar-refractivity contribution < 1.29 is 4.74 Å². The van der Waals surface area contributed by atoms with Gasteiger partial charge in [0.1, 0.15) is 10.8 Å². The summed E-state index contributed by atoms with van der Waals surface area (Å²) in [6.07, 6.45) is 0.813. The van der Waals surface area contributed by atoms with Gasteiger partial charge in [-0.3, -0.25) is 9.69 Å². The summed E-state index contributed by atoms with van der Waals surface area (Å²) in [5, 5.41) is 5.24. The van der Waals surface area contributed by atoms with Gasteiger partial charge in [-0.25, -0.2) is 4.98 Å². The van der Waals surface area contributed by atoms with Crippen molar-refractivity contribution in [2.75, 3.05) is 38.2 Å². The van der Waals surface area contributed by atoms with Crippen LogP contribution in [0.5, 0.6) is 5.75 Å². The standard InChI is InChI=1S/C19H23N5O2S/c1-3-17-21-24-18(25)12-14(20-19(24)27-17)13-22-8-10-23(11-9-22)15-6-4-5-7-16(15)26-2/h4-7,12H,3,8-11,13H2,1-2H3. The van der Waals surface area contributed by atoms with Crippen LogP contribution in [0, 0.1) is 0 Å². The van der Waals surface area contributed by atoms with Crippen LogP contribution in [0.4, 0.5) is 5.69 Å². The predicted molar refractivity (Wildman–Crippen MR) is 107 cm³/mol. The second-order valence-corrected chi connectivity index (χ2v) is 7.61. The highest BCUT2D eigenvalue weighted by Gasteiger charge is 2.20. The second kappa shape index (κ2) is 7.66. The third-order valence-electron chi connectivity index (χ3n) is 4.83. The number of aryl methyl sites for hydroxylation is 1. The van der Waals surface area contributed by atoms with E-state index in [4.69, 9.17) is 4.74 Å². The Morgan fingerprint density at radius 1 is 1.19 bits per heavy atom. The average molecular weight is 385 g/mol. The first-order valence-electron chi connectivity index (χ1n) is 9.17. The van der Waals surface area contributed by atoms with Gasteiger partial charge < -0.3 is 9.64 Å². The van der Waals surface area contributed by atoms with E-state index in [-0.39, 0.29) is 5.56 Å². The molecule has 0 unspecified atom stereocenters. The third-order valence-corrected chi connectivity index (χ3v) is 5.88. The number of benzene rings is 1. The minimum atomic E-state index is -0.0985. The molecule has 142 valence electrons. The summed E-state index contributed by atoms with van der Waals surface area (Å²) >= 11 is 1.49. The monoisotopic (exact) mass is 385 g/mol. The molecule has 3 heterocycles. The largest absolute Gasteiger partial charge is 0.495 e. The Hall–Kier alpha value is -2.45. The molecule has 0 aliphatic carbocycles. The van der Waals surface area contributed by atoms with Crippen LogP contribution in [-0.4, -0.2) is 52.8 Å². The number of anilines is 1. The molecule has 0 N–H and O–H groups in total. The molecule has 0 radical (unpaired) electrons. The first-order valence-corrected chi connectivity index (χ1v) is 9.98. The molecule has 1 fully saturated rings. The zero-order chi connectivity index (χ0) is 18.8. The van der Waals surface area contributed by atoms with E-state index in [0.29, 0.717) is 11.5 Å².